The Kier molecular flexibility index (Phi) is 3.37. The molecular weight excluding hydrogens is 242 g/mol. The number of benzene rings is 1. The van der Waals surface area contributed by atoms with Crippen LogP contribution in [0.25, 0.3) is 10.9 Å². The van der Waals surface area contributed by atoms with Crippen LogP contribution in [0.2, 0.25) is 0 Å². The van der Waals surface area contributed by atoms with Gasteiger partial charge in [-0.2, -0.15) is 0 Å². The maximum atomic E-state index is 11.8. The molecule has 0 unspecified atom stereocenters. The number of hydrogen-bond acceptors (Lipinski definition) is 2. The monoisotopic (exact) mass is 259 g/mol. The molecule has 1 saturated heterocycles. The Hall–Kier alpha value is -2.01. The van der Waals surface area contributed by atoms with Crippen molar-refractivity contribution in [2.24, 2.45) is 0 Å². The minimum atomic E-state index is -0.194. The SMILES string of the molecule is O=C(NC[C@@H]1CCCO1)Nc1c[nH]c2ccccc12. The molecule has 0 saturated carbocycles. The Morgan fingerprint density at radius 1 is 1.42 bits per heavy atom. The zero-order valence-electron chi connectivity index (χ0n) is 10.6. The lowest BCUT2D eigenvalue weighted by Crippen LogP contribution is -2.34. The van der Waals surface area contributed by atoms with Crippen LogP contribution in [0.4, 0.5) is 10.5 Å². The number of H-pyrrole nitrogens is 1. The molecule has 0 spiro atoms. The normalized spacial score (nSPS) is 18.6. The van der Waals surface area contributed by atoms with Crippen LogP contribution in [0, 0.1) is 0 Å². The van der Waals surface area contributed by atoms with Crippen molar-refractivity contribution in [3.8, 4) is 0 Å². The molecule has 2 heterocycles. The van der Waals surface area contributed by atoms with Gasteiger partial charge in [0.2, 0.25) is 0 Å². The number of fused-ring (bicyclic) bond motifs is 1. The summed E-state index contributed by atoms with van der Waals surface area (Å²) in [6.45, 7) is 1.37. The second kappa shape index (κ2) is 5.32. The number of hydrogen-bond donors (Lipinski definition) is 3. The van der Waals surface area contributed by atoms with Crippen molar-refractivity contribution in [3.05, 3.63) is 30.5 Å². The van der Waals surface area contributed by atoms with Gasteiger partial charge in [0.25, 0.3) is 0 Å². The Labute approximate surface area is 111 Å². The van der Waals surface area contributed by atoms with Crippen LogP contribution in [-0.2, 0) is 4.74 Å². The molecule has 3 N–H and O–H groups in total. The summed E-state index contributed by atoms with van der Waals surface area (Å²) in [5, 5.41) is 6.70. The average Bonchev–Trinajstić information content (AvgIpc) is 3.07. The maximum Gasteiger partial charge on any atom is 0.319 e. The minimum absolute atomic E-state index is 0.161. The van der Waals surface area contributed by atoms with Crippen LogP contribution in [0.15, 0.2) is 30.5 Å². The molecule has 1 aromatic carbocycles. The van der Waals surface area contributed by atoms with E-state index in [1.165, 1.54) is 0 Å². The van der Waals surface area contributed by atoms with Gasteiger partial charge in [-0.05, 0) is 18.9 Å². The standard InChI is InChI=1S/C14H17N3O2/c18-14(16-8-10-4-3-7-19-10)17-13-9-15-12-6-2-1-5-11(12)13/h1-2,5-6,9-10,15H,3-4,7-8H2,(H2,16,17,18)/t10-/m0/s1. The van der Waals surface area contributed by atoms with Gasteiger partial charge in [0.15, 0.2) is 0 Å². The van der Waals surface area contributed by atoms with Crippen LogP contribution in [0.1, 0.15) is 12.8 Å². The zero-order chi connectivity index (χ0) is 13.1. The summed E-state index contributed by atoms with van der Waals surface area (Å²) in [5.74, 6) is 0. The first kappa shape index (κ1) is 12.0. The number of carbonyl (C=O) groups excluding carboxylic acids is 1. The number of aromatic nitrogens is 1. The predicted molar refractivity (Wildman–Crippen MR) is 74.3 cm³/mol. The Bertz CT molecular complexity index is 573. The van der Waals surface area contributed by atoms with E-state index in [4.69, 9.17) is 4.74 Å². The molecule has 1 aliphatic heterocycles. The molecule has 2 aromatic rings. The average molecular weight is 259 g/mol. The van der Waals surface area contributed by atoms with Gasteiger partial charge in [0, 0.05) is 30.3 Å². The first-order valence-electron chi connectivity index (χ1n) is 6.55. The third-order valence-electron chi connectivity index (χ3n) is 3.35. The molecule has 1 fully saturated rings. The Morgan fingerprint density at radius 2 is 2.32 bits per heavy atom. The van der Waals surface area contributed by atoms with Gasteiger partial charge in [0.05, 0.1) is 11.8 Å². The number of nitrogens with one attached hydrogen (secondary N) is 3. The van der Waals surface area contributed by atoms with Crippen molar-refractivity contribution in [1.82, 2.24) is 10.3 Å². The van der Waals surface area contributed by atoms with Crippen molar-refractivity contribution in [1.29, 1.82) is 0 Å². The number of anilines is 1. The highest BCUT2D eigenvalue weighted by atomic mass is 16.5. The topological polar surface area (TPSA) is 66.2 Å². The van der Waals surface area contributed by atoms with Crippen molar-refractivity contribution in [3.63, 3.8) is 0 Å². The van der Waals surface area contributed by atoms with Crippen LogP contribution >= 0.6 is 0 Å². The van der Waals surface area contributed by atoms with Crippen LogP contribution in [0.5, 0.6) is 0 Å². The maximum absolute atomic E-state index is 11.8. The molecule has 1 aliphatic rings. The third kappa shape index (κ3) is 2.71. The fraction of sp³-hybridized carbons (Fsp3) is 0.357. The van der Waals surface area contributed by atoms with Crippen molar-refractivity contribution in [2.45, 2.75) is 18.9 Å². The van der Waals surface area contributed by atoms with E-state index in [0.29, 0.717) is 6.54 Å². The summed E-state index contributed by atoms with van der Waals surface area (Å²) < 4.78 is 5.46. The van der Waals surface area contributed by atoms with E-state index in [0.717, 1.165) is 36.0 Å². The van der Waals surface area contributed by atoms with Gasteiger partial charge in [-0.3, -0.25) is 0 Å². The Balaban J connectivity index is 1.59. The summed E-state index contributed by atoms with van der Waals surface area (Å²) >= 11 is 0. The molecule has 5 nitrogen and oxygen atoms in total. The van der Waals surface area contributed by atoms with Gasteiger partial charge in [-0.15, -0.1) is 0 Å². The summed E-state index contributed by atoms with van der Waals surface area (Å²) in [6.07, 6.45) is 4.06. The third-order valence-corrected chi connectivity index (χ3v) is 3.35. The number of para-hydroxylation sites is 1. The van der Waals surface area contributed by atoms with E-state index in [9.17, 15) is 4.79 Å². The van der Waals surface area contributed by atoms with Crippen LogP contribution in [-0.4, -0.2) is 30.3 Å². The predicted octanol–water partition coefficient (Wildman–Crippen LogP) is 2.47. The summed E-state index contributed by atoms with van der Waals surface area (Å²) in [7, 11) is 0. The van der Waals surface area contributed by atoms with Gasteiger partial charge in [-0.1, -0.05) is 18.2 Å². The number of carbonyl (C=O) groups is 1. The van der Waals surface area contributed by atoms with E-state index >= 15 is 0 Å². The lowest BCUT2D eigenvalue weighted by atomic mass is 10.2. The van der Waals surface area contributed by atoms with Crippen LogP contribution < -0.4 is 10.6 Å². The second-order valence-corrected chi connectivity index (χ2v) is 4.72. The quantitative estimate of drug-likeness (QED) is 0.792. The van der Waals surface area contributed by atoms with E-state index in [1.807, 2.05) is 24.3 Å². The smallest absolute Gasteiger partial charge is 0.319 e. The molecule has 1 aromatic heterocycles. The Morgan fingerprint density at radius 3 is 3.16 bits per heavy atom. The van der Waals surface area contributed by atoms with E-state index in [1.54, 1.807) is 6.20 Å². The van der Waals surface area contributed by atoms with E-state index in [2.05, 4.69) is 15.6 Å². The zero-order valence-corrected chi connectivity index (χ0v) is 10.6. The highest BCUT2D eigenvalue weighted by Crippen LogP contribution is 2.22. The number of amides is 2. The second-order valence-electron chi connectivity index (χ2n) is 4.72. The van der Waals surface area contributed by atoms with Gasteiger partial charge in [0.1, 0.15) is 0 Å². The van der Waals surface area contributed by atoms with Gasteiger partial charge < -0.3 is 20.4 Å². The van der Waals surface area contributed by atoms with Crippen LogP contribution in [0.3, 0.4) is 0 Å². The fourth-order valence-electron chi connectivity index (χ4n) is 2.35. The van der Waals surface area contributed by atoms with E-state index < -0.39 is 0 Å². The summed E-state index contributed by atoms with van der Waals surface area (Å²) in [5.41, 5.74) is 1.80. The highest BCUT2D eigenvalue weighted by Gasteiger charge is 2.16. The molecule has 3 rings (SSSR count). The molecule has 2 amide bonds. The van der Waals surface area contributed by atoms with Crippen molar-refractivity contribution in [2.75, 3.05) is 18.5 Å². The first-order valence-corrected chi connectivity index (χ1v) is 6.55. The molecule has 0 radical (unpaired) electrons. The molecule has 5 heteroatoms. The number of rotatable bonds is 3. The first-order chi connectivity index (χ1) is 9.33. The van der Waals surface area contributed by atoms with Gasteiger partial charge >= 0.3 is 6.03 Å². The molecular formula is C14H17N3O2. The van der Waals surface area contributed by atoms with Gasteiger partial charge in [-0.25, -0.2) is 4.79 Å². The largest absolute Gasteiger partial charge is 0.376 e. The summed E-state index contributed by atoms with van der Waals surface area (Å²) in [4.78, 5) is 14.9. The van der Waals surface area contributed by atoms with Crippen molar-refractivity contribution < 1.29 is 9.53 Å². The molecule has 1 atom stereocenters. The molecule has 0 bridgehead atoms. The lowest BCUT2D eigenvalue weighted by molar-refractivity contribution is 0.112. The van der Waals surface area contributed by atoms with E-state index in [-0.39, 0.29) is 12.1 Å². The molecule has 100 valence electrons. The lowest BCUT2D eigenvalue weighted by Gasteiger charge is -2.11. The molecule has 0 aliphatic carbocycles. The number of ether oxygens (including phenoxy) is 1. The number of aromatic amines is 1. The number of urea groups is 1. The fourth-order valence-corrected chi connectivity index (χ4v) is 2.35. The highest BCUT2D eigenvalue weighted by molar-refractivity contribution is 6.00. The minimum Gasteiger partial charge on any atom is -0.376 e. The molecule has 19 heavy (non-hydrogen) atoms. The summed E-state index contributed by atoms with van der Waals surface area (Å²) in [6, 6.07) is 7.66. The van der Waals surface area contributed by atoms with Crippen molar-refractivity contribution >= 4 is 22.6 Å².